The minimum atomic E-state index is -0.888. The molecule has 0 aliphatic carbocycles. The van der Waals surface area contributed by atoms with Crippen molar-refractivity contribution in [2.75, 3.05) is 11.7 Å². The number of thioether (sulfide) groups is 1. The fraction of sp³-hybridized carbons (Fsp3) is 0.176. The van der Waals surface area contributed by atoms with Crippen LogP contribution in [0.2, 0.25) is 0 Å². The number of para-hydroxylation sites is 1. The van der Waals surface area contributed by atoms with Gasteiger partial charge in [0.05, 0.1) is 5.69 Å². The normalized spacial score (nSPS) is 20.5. The summed E-state index contributed by atoms with van der Waals surface area (Å²) in [5, 5.41) is 1.45. The third-order valence-electron chi connectivity index (χ3n) is 3.72. The molecular formula is C17H17N3OS. The van der Waals surface area contributed by atoms with Gasteiger partial charge >= 0.3 is 0 Å². The summed E-state index contributed by atoms with van der Waals surface area (Å²) in [7, 11) is 0. The van der Waals surface area contributed by atoms with E-state index in [0.717, 1.165) is 16.1 Å². The first-order valence-electron chi connectivity index (χ1n) is 6.99. The minimum absolute atomic E-state index is 0.0853. The van der Waals surface area contributed by atoms with Gasteiger partial charge in [-0.15, -0.1) is 11.8 Å². The fourth-order valence-corrected chi connectivity index (χ4v) is 3.18. The summed E-state index contributed by atoms with van der Waals surface area (Å²) in [6, 6.07) is 17.5. The quantitative estimate of drug-likeness (QED) is 0.879. The number of carbonyl (C=O) groups excluding carboxylic acids is 1. The van der Waals surface area contributed by atoms with Crippen LogP contribution in [0.25, 0.3) is 0 Å². The molecule has 4 nitrogen and oxygen atoms in total. The summed E-state index contributed by atoms with van der Waals surface area (Å²) < 4.78 is 0. The molecule has 22 heavy (non-hydrogen) atoms. The van der Waals surface area contributed by atoms with Crippen molar-refractivity contribution in [3.8, 4) is 0 Å². The van der Waals surface area contributed by atoms with E-state index < -0.39 is 5.54 Å². The molecule has 0 fully saturated rings. The van der Waals surface area contributed by atoms with Crippen LogP contribution < -0.4 is 5.43 Å². The maximum atomic E-state index is 12.8. The molecule has 0 aromatic heterocycles. The first kappa shape index (κ1) is 14.7. The summed E-state index contributed by atoms with van der Waals surface area (Å²) in [6.07, 6.45) is 3.57. The maximum absolute atomic E-state index is 12.8. The Kier molecular flexibility index (Phi) is 3.90. The fourth-order valence-electron chi connectivity index (χ4n) is 2.48. The highest BCUT2D eigenvalue weighted by molar-refractivity contribution is 7.98. The summed E-state index contributed by atoms with van der Waals surface area (Å²) in [5.41, 5.74) is 3.98. The molecule has 1 atom stereocenters. The molecule has 5 heteroatoms. The SMILES string of the molecule is CSc1ccccc1[C@]1(C)N=CN(Nc2ccccc2)C1=O. The molecule has 0 saturated carbocycles. The number of rotatable bonds is 4. The Morgan fingerprint density at radius 1 is 1.09 bits per heavy atom. The van der Waals surface area contributed by atoms with E-state index >= 15 is 0 Å². The van der Waals surface area contributed by atoms with Gasteiger partial charge in [-0.05, 0) is 31.4 Å². The monoisotopic (exact) mass is 311 g/mol. The smallest absolute Gasteiger partial charge is 0.278 e. The Morgan fingerprint density at radius 2 is 1.77 bits per heavy atom. The van der Waals surface area contributed by atoms with E-state index in [4.69, 9.17) is 0 Å². The number of amides is 1. The van der Waals surface area contributed by atoms with E-state index in [2.05, 4.69) is 10.4 Å². The van der Waals surface area contributed by atoms with Gasteiger partial charge < -0.3 is 0 Å². The van der Waals surface area contributed by atoms with E-state index in [1.165, 1.54) is 5.01 Å². The molecule has 0 spiro atoms. The van der Waals surface area contributed by atoms with Gasteiger partial charge in [0.25, 0.3) is 5.91 Å². The zero-order valence-electron chi connectivity index (χ0n) is 12.5. The van der Waals surface area contributed by atoms with Gasteiger partial charge in [-0.2, -0.15) is 0 Å². The summed E-state index contributed by atoms with van der Waals surface area (Å²) in [4.78, 5) is 18.4. The molecular weight excluding hydrogens is 294 g/mol. The standard InChI is InChI=1S/C17H17N3OS/c1-17(14-10-6-7-11-15(14)22-2)16(21)20(12-18-17)19-13-8-4-3-5-9-13/h3-12,19H,1-2H3/t17-/m0/s1. The molecule has 3 rings (SSSR count). The Morgan fingerprint density at radius 3 is 2.50 bits per heavy atom. The highest BCUT2D eigenvalue weighted by Gasteiger charge is 2.43. The third-order valence-corrected chi connectivity index (χ3v) is 4.52. The molecule has 1 aliphatic heterocycles. The van der Waals surface area contributed by atoms with Crippen LogP contribution >= 0.6 is 11.8 Å². The van der Waals surface area contributed by atoms with Crippen molar-refractivity contribution < 1.29 is 4.79 Å². The van der Waals surface area contributed by atoms with Crippen molar-refractivity contribution in [2.24, 2.45) is 4.99 Å². The van der Waals surface area contributed by atoms with Gasteiger partial charge in [-0.3, -0.25) is 15.2 Å². The number of nitrogens with one attached hydrogen (secondary N) is 1. The first-order valence-corrected chi connectivity index (χ1v) is 8.22. The van der Waals surface area contributed by atoms with E-state index in [-0.39, 0.29) is 5.91 Å². The summed E-state index contributed by atoms with van der Waals surface area (Å²) in [6.45, 7) is 1.85. The number of benzene rings is 2. The number of hydrogen-bond donors (Lipinski definition) is 1. The van der Waals surface area contributed by atoms with Crippen molar-refractivity contribution >= 4 is 29.7 Å². The van der Waals surface area contributed by atoms with Crippen LogP contribution in [0.1, 0.15) is 12.5 Å². The molecule has 1 aliphatic rings. The van der Waals surface area contributed by atoms with E-state index in [0.29, 0.717) is 0 Å². The zero-order chi connectivity index (χ0) is 15.6. The van der Waals surface area contributed by atoms with Gasteiger partial charge in [0.15, 0.2) is 5.54 Å². The molecule has 1 heterocycles. The zero-order valence-corrected chi connectivity index (χ0v) is 13.3. The Bertz CT molecular complexity index is 717. The Balaban J connectivity index is 1.88. The molecule has 112 valence electrons. The lowest BCUT2D eigenvalue weighted by molar-refractivity contribution is -0.129. The number of hydrogen-bond acceptors (Lipinski definition) is 4. The van der Waals surface area contributed by atoms with Crippen LogP contribution in [0.15, 0.2) is 64.5 Å². The van der Waals surface area contributed by atoms with Gasteiger partial charge in [-0.1, -0.05) is 36.4 Å². The largest absolute Gasteiger partial charge is 0.290 e. The maximum Gasteiger partial charge on any atom is 0.278 e. The number of anilines is 1. The predicted molar refractivity (Wildman–Crippen MR) is 91.0 cm³/mol. The lowest BCUT2D eigenvalue weighted by Gasteiger charge is -2.24. The highest BCUT2D eigenvalue weighted by atomic mass is 32.2. The van der Waals surface area contributed by atoms with Crippen LogP contribution in [0.3, 0.4) is 0 Å². The van der Waals surface area contributed by atoms with Crippen molar-refractivity contribution in [1.29, 1.82) is 0 Å². The highest BCUT2D eigenvalue weighted by Crippen LogP contribution is 2.36. The molecule has 2 aromatic rings. The van der Waals surface area contributed by atoms with Crippen molar-refractivity contribution in [3.63, 3.8) is 0 Å². The second-order valence-corrected chi connectivity index (χ2v) is 6.02. The van der Waals surface area contributed by atoms with Crippen molar-refractivity contribution in [3.05, 3.63) is 60.2 Å². The Hall–Kier alpha value is -2.27. The molecule has 1 amide bonds. The van der Waals surface area contributed by atoms with E-state index in [1.54, 1.807) is 18.1 Å². The van der Waals surface area contributed by atoms with Gasteiger partial charge in [0, 0.05) is 10.5 Å². The average molecular weight is 311 g/mol. The summed E-state index contributed by atoms with van der Waals surface area (Å²) in [5.74, 6) is -0.0853. The first-order chi connectivity index (χ1) is 10.6. The van der Waals surface area contributed by atoms with E-state index in [1.807, 2.05) is 67.8 Å². The van der Waals surface area contributed by atoms with Crippen LogP contribution in [-0.4, -0.2) is 23.5 Å². The average Bonchev–Trinajstić information content (AvgIpc) is 2.85. The van der Waals surface area contributed by atoms with Gasteiger partial charge in [0.1, 0.15) is 6.34 Å². The van der Waals surface area contributed by atoms with Crippen LogP contribution in [0.5, 0.6) is 0 Å². The Labute approximate surface area is 134 Å². The number of carbonyl (C=O) groups is 1. The van der Waals surface area contributed by atoms with Gasteiger partial charge in [-0.25, -0.2) is 5.01 Å². The second-order valence-electron chi connectivity index (χ2n) is 5.17. The third kappa shape index (κ3) is 2.48. The lowest BCUT2D eigenvalue weighted by Crippen LogP contribution is -2.40. The molecule has 0 radical (unpaired) electrons. The minimum Gasteiger partial charge on any atom is -0.290 e. The van der Waals surface area contributed by atoms with Crippen LogP contribution in [0, 0.1) is 0 Å². The summed E-state index contributed by atoms with van der Waals surface area (Å²) >= 11 is 1.62. The molecule has 1 N–H and O–H groups in total. The molecule has 0 saturated heterocycles. The van der Waals surface area contributed by atoms with E-state index in [9.17, 15) is 4.79 Å². The van der Waals surface area contributed by atoms with Crippen molar-refractivity contribution in [2.45, 2.75) is 17.4 Å². The second kappa shape index (κ2) is 5.85. The topological polar surface area (TPSA) is 44.7 Å². The van der Waals surface area contributed by atoms with Crippen LogP contribution in [-0.2, 0) is 10.3 Å². The predicted octanol–water partition coefficient (Wildman–Crippen LogP) is 3.52. The molecule has 2 aromatic carbocycles. The lowest BCUT2D eigenvalue weighted by atomic mass is 9.92. The molecule has 0 unspecified atom stereocenters. The number of nitrogens with zero attached hydrogens (tertiary/aromatic N) is 2. The van der Waals surface area contributed by atoms with Crippen molar-refractivity contribution in [1.82, 2.24) is 5.01 Å². The molecule has 0 bridgehead atoms. The van der Waals surface area contributed by atoms with Crippen LogP contribution in [0.4, 0.5) is 5.69 Å². The van der Waals surface area contributed by atoms with Gasteiger partial charge in [0.2, 0.25) is 0 Å². The number of hydrazine groups is 1. The number of aliphatic imine (C=N–C) groups is 1.